The molecule has 0 bridgehead atoms. The van der Waals surface area contributed by atoms with Crippen LogP contribution < -0.4 is 10.1 Å². The quantitative estimate of drug-likeness (QED) is 0.784. The fourth-order valence-corrected chi connectivity index (χ4v) is 2.10. The molecule has 0 aliphatic rings. The summed E-state index contributed by atoms with van der Waals surface area (Å²) < 4.78 is 10.9. The zero-order chi connectivity index (χ0) is 13.4. The first kappa shape index (κ1) is 15.0. The van der Waals surface area contributed by atoms with Crippen molar-refractivity contribution in [3.05, 3.63) is 28.2 Å². The van der Waals surface area contributed by atoms with Gasteiger partial charge in [-0.25, -0.2) is 0 Å². The molecule has 0 aliphatic carbocycles. The molecule has 0 aliphatic heterocycles. The summed E-state index contributed by atoms with van der Waals surface area (Å²) in [6, 6.07) is 5.63. The molecule has 0 heterocycles. The molecule has 100 valence electrons. The Morgan fingerprint density at radius 2 is 2.17 bits per heavy atom. The number of carbonyl (C=O) groups excluding carboxylic acids is 1. The number of hydrogen-bond acceptors (Lipinski definition) is 3. The summed E-state index contributed by atoms with van der Waals surface area (Å²) in [5, 5.41) is 2.85. The summed E-state index contributed by atoms with van der Waals surface area (Å²) in [7, 11) is 3.26. The molecule has 0 radical (unpaired) electrons. The number of nitrogens with one attached hydrogen (secondary N) is 1. The van der Waals surface area contributed by atoms with E-state index >= 15 is 0 Å². The van der Waals surface area contributed by atoms with Crippen LogP contribution >= 0.6 is 15.9 Å². The summed E-state index contributed by atoms with van der Waals surface area (Å²) in [5.41, 5.74) is 0.951. The van der Waals surface area contributed by atoms with Crippen LogP contribution in [0.25, 0.3) is 0 Å². The molecule has 0 atom stereocenters. The number of benzene rings is 1. The van der Waals surface area contributed by atoms with Gasteiger partial charge in [0.05, 0.1) is 18.0 Å². The maximum atomic E-state index is 11.6. The Morgan fingerprint density at radius 3 is 2.78 bits per heavy atom. The van der Waals surface area contributed by atoms with Gasteiger partial charge in [-0.3, -0.25) is 4.79 Å². The van der Waals surface area contributed by atoms with Crippen molar-refractivity contribution in [3.63, 3.8) is 0 Å². The van der Waals surface area contributed by atoms with Crippen LogP contribution in [0.1, 0.15) is 12.0 Å². The average Bonchev–Trinajstić information content (AvgIpc) is 2.35. The van der Waals surface area contributed by atoms with E-state index in [0.29, 0.717) is 19.6 Å². The minimum absolute atomic E-state index is 0.0168. The van der Waals surface area contributed by atoms with Crippen LogP contribution in [0.2, 0.25) is 0 Å². The Labute approximate surface area is 116 Å². The highest BCUT2D eigenvalue weighted by atomic mass is 79.9. The monoisotopic (exact) mass is 315 g/mol. The molecule has 0 unspecified atom stereocenters. The van der Waals surface area contributed by atoms with Crippen LogP contribution in [-0.2, 0) is 16.0 Å². The second kappa shape index (κ2) is 8.11. The normalized spacial score (nSPS) is 10.2. The molecule has 0 saturated heterocycles. The van der Waals surface area contributed by atoms with Gasteiger partial charge in [0.15, 0.2) is 0 Å². The zero-order valence-corrected chi connectivity index (χ0v) is 12.2. The van der Waals surface area contributed by atoms with Crippen molar-refractivity contribution >= 4 is 21.8 Å². The lowest BCUT2D eigenvalue weighted by Crippen LogP contribution is -2.26. The molecular weight excluding hydrogens is 298 g/mol. The second-order valence-electron chi connectivity index (χ2n) is 3.84. The number of ether oxygens (including phenoxy) is 2. The summed E-state index contributed by atoms with van der Waals surface area (Å²) in [6.07, 6.45) is 1.20. The summed E-state index contributed by atoms with van der Waals surface area (Å²) in [4.78, 5) is 11.6. The minimum atomic E-state index is 0.0168. The van der Waals surface area contributed by atoms with Crippen LogP contribution in [0, 0.1) is 0 Å². The van der Waals surface area contributed by atoms with Crippen molar-refractivity contribution in [2.75, 3.05) is 27.4 Å². The van der Waals surface area contributed by atoms with Crippen molar-refractivity contribution in [2.45, 2.75) is 12.8 Å². The minimum Gasteiger partial charge on any atom is -0.496 e. The SMILES string of the molecule is COCCCNC(=O)Cc1ccc(OC)c(Br)c1. The van der Waals surface area contributed by atoms with Gasteiger partial charge in [0, 0.05) is 20.3 Å². The van der Waals surface area contributed by atoms with Crippen LogP contribution in [0.15, 0.2) is 22.7 Å². The molecule has 0 aromatic heterocycles. The van der Waals surface area contributed by atoms with E-state index in [1.165, 1.54) is 0 Å². The lowest BCUT2D eigenvalue weighted by molar-refractivity contribution is -0.120. The molecular formula is C13H18BrNO3. The predicted molar refractivity (Wildman–Crippen MR) is 73.9 cm³/mol. The van der Waals surface area contributed by atoms with Crippen molar-refractivity contribution in [2.24, 2.45) is 0 Å². The molecule has 4 nitrogen and oxygen atoms in total. The van der Waals surface area contributed by atoms with Gasteiger partial charge >= 0.3 is 0 Å². The predicted octanol–water partition coefficient (Wildman–Crippen LogP) is 2.15. The van der Waals surface area contributed by atoms with Gasteiger partial charge in [-0.15, -0.1) is 0 Å². The first-order valence-corrected chi connectivity index (χ1v) is 6.54. The van der Waals surface area contributed by atoms with E-state index in [1.54, 1.807) is 14.2 Å². The van der Waals surface area contributed by atoms with E-state index < -0.39 is 0 Å². The first-order chi connectivity index (χ1) is 8.67. The third-order valence-corrected chi connectivity index (χ3v) is 3.05. The molecule has 1 aromatic carbocycles. The number of rotatable bonds is 7. The number of hydrogen-bond donors (Lipinski definition) is 1. The standard InChI is InChI=1S/C13H18BrNO3/c1-17-7-3-6-15-13(16)9-10-4-5-12(18-2)11(14)8-10/h4-5,8H,3,6-7,9H2,1-2H3,(H,15,16). The van der Waals surface area contributed by atoms with E-state index in [-0.39, 0.29) is 5.91 Å². The highest BCUT2D eigenvalue weighted by molar-refractivity contribution is 9.10. The van der Waals surface area contributed by atoms with E-state index in [9.17, 15) is 4.79 Å². The highest BCUT2D eigenvalue weighted by Gasteiger charge is 2.06. The average molecular weight is 316 g/mol. The lowest BCUT2D eigenvalue weighted by Gasteiger charge is -2.07. The fraction of sp³-hybridized carbons (Fsp3) is 0.462. The molecule has 5 heteroatoms. The van der Waals surface area contributed by atoms with E-state index in [4.69, 9.17) is 9.47 Å². The van der Waals surface area contributed by atoms with Gasteiger partial charge in [0.25, 0.3) is 0 Å². The van der Waals surface area contributed by atoms with Gasteiger partial charge in [0.1, 0.15) is 5.75 Å². The Kier molecular flexibility index (Phi) is 6.75. The van der Waals surface area contributed by atoms with Crippen molar-refractivity contribution in [3.8, 4) is 5.75 Å². The molecule has 1 rings (SSSR count). The Morgan fingerprint density at radius 1 is 1.39 bits per heavy atom. The molecule has 0 spiro atoms. The van der Waals surface area contributed by atoms with Crippen molar-refractivity contribution in [1.82, 2.24) is 5.32 Å². The smallest absolute Gasteiger partial charge is 0.224 e. The summed E-state index contributed by atoms with van der Waals surface area (Å²) in [5.74, 6) is 0.780. The van der Waals surface area contributed by atoms with Crippen LogP contribution in [-0.4, -0.2) is 33.3 Å². The molecule has 1 aromatic rings. The first-order valence-electron chi connectivity index (χ1n) is 5.75. The highest BCUT2D eigenvalue weighted by Crippen LogP contribution is 2.25. The number of methoxy groups -OCH3 is 2. The summed E-state index contributed by atoms with van der Waals surface area (Å²) in [6.45, 7) is 1.30. The topological polar surface area (TPSA) is 47.6 Å². The number of carbonyl (C=O) groups is 1. The van der Waals surface area contributed by atoms with Crippen LogP contribution in [0.3, 0.4) is 0 Å². The van der Waals surface area contributed by atoms with Crippen molar-refractivity contribution < 1.29 is 14.3 Å². The molecule has 1 amide bonds. The second-order valence-corrected chi connectivity index (χ2v) is 4.70. The maximum Gasteiger partial charge on any atom is 0.224 e. The van der Waals surface area contributed by atoms with E-state index in [0.717, 1.165) is 22.2 Å². The zero-order valence-electron chi connectivity index (χ0n) is 10.7. The number of amides is 1. The third kappa shape index (κ3) is 5.06. The largest absolute Gasteiger partial charge is 0.496 e. The van der Waals surface area contributed by atoms with Gasteiger partial charge in [-0.1, -0.05) is 6.07 Å². The van der Waals surface area contributed by atoms with E-state index in [1.807, 2.05) is 18.2 Å². The third-order valence-electron chi connectivity index (χ3n) is 2.43. The van der Waals surface area contributed by atoms with Gasteiger partial charge in [-0.05, 0) is 40.0 Å². The molecule has 18 heavy (non-hydrogen) atoms. The molecule has 0 fully saturated rings. The summed E-state index contributed by atoms with van der Waals surface area (Å²) >= 11 is 3.40. The fourth-order valence-electron chi connectivity index (χ4n) is 1.51. The maximum absolute atomic E-state index is 11.6. The molecule has 0 saturated carbocycles. The van der Waals surface area contributed by atoms with Gasteiger partial charge in [0.2, 0.25) is 5.91 Å². The Balaban J connectivity index is 2.42. The van der Waals surface area contributed by atoms with Gasteiger partial charge in [-0.2, -0.15) is 0 Å². The Hall–Kier alpha value is -1.07. The lowest BCUT2D eigenvalue weighted by atomic mass is 10.1. The molecule has 1 N–H and O–H groups in total. The van der Waals surface area contributed by atoms with Gasteiger partial charge < -0.3 is 14.8 Å². The van der Waals surface area contributed by atoms with Crippen LogP contribution in [0.5, 0.6) is 5.75 Å². The Bertz CT molecular complexity index is 396. The van der Waals surface area contributed by atoms with Crippen LogP contribution in [0.4, 0.5) is 0 Å². The van der Waals surface area contributed by atoms with Crippen molar-refractivity contribution in [1.29, 1.82) is 0 Å². The number of halogens is 1. The van der Waals surface area contributed by atoms with E-state index in [2.05, 4.69) is 21.2 Å².